The van der Waals surface area contributed by atoms with Crippen molar-refractivity contribution >= 4 is 0 Å². The molecule has 0 saturated heterocycles. The largest absolute Gasteiger partial charge is 0.507 e. The van der Waals surface area contributed by atoms with Gasteiger partial charge in [-0.25, -0.2) is 0 Å². The molecule has 0 atom stereocenters. The maximum atomic E-state index is 11.4. The highest BCUT2D eigenvalue weighted by Gasteiger charge is 2.35. The molecule has 0 heterocycles. The Balaban J connectivity index is 0.000000233. The van der Waals surface area contributed by atoms with E-state index in [4.69, 9.17) is 0 Å². The normalized spacial score (nSPS) is 14.2. The summed E-state index contributed by atoms with van der Waals surface area (Å²) in [6.07, 6.45) is 33.8. The van der Waals surface area contributed by atoms with Crippen LogP contribution in [-0.2, 0) is 75.4 Å². The van der Waals surface area contributed by atoms with Crippen LogP contribution in [-0.4, -0.2) is 40.9 Å². The van der Waals surface area contributed by atoms with Crippen molar-refractivity contribution in [2.45, 2.75) is 462 Å². The van der Waals surface area contributed by atoms with Gasteiger partial charge >= 0.3 is 0 Å². The molecule has 127 heavy (non-hydrogen) atoms. The maximum Gasteiger partial charge on any atom is 0.123 e. The van der Waals surface area contributed by atoms with E-state index in [0.29, 0.717) is 77.1 Å². The number of aryl methyl sites for hydroxylation is 6. The van der Waals surface area contributed by atoms with Gasteiger partial charge in [-0.3, -0.25) is 0 Å². The van der Waals surface area contributed by atoms with E-state index in [-0.39, 0.29) is 49.2 Å². The molecular formula is C119H178O8. The second-order valence-corrected chi connectivity index (χ2v) is 47.2. The topological polar surface area (TPSA) is 162 Å². The minimum absolute atomic E-state index is 0.0334. The second kappa shape index (κ2) is 44.9. The van der Waals surface area contributed by atoms with Crippen LogP contribution in [0.25, 0.3) is 0 Å². The number of aromatic hydroxyl groups is 8. The molecule has 10 rings (SSSR count). The van der Waals surface area contributed by atoms with Crippen molar-refractivity contribution in [3.8, 4) is 46.0 Å². The molecule has 8 aromatic carbocycles. The molecule has 0 aromatic heterocycles. The van der Waals surface area contributed by atoms with Crippen LogP contribution in [0.5, 0.6) is 46.0 Å². The van der Waals surface area contributed by atoms with Gasteiger partial charge in [0.1, 0.15) is 46.0 Å². The predicted molar refractivity (Wildman–Crippen MR) is 544 cm³/mol. The van der Waals surface area contributed by atoms with E-state index in [2.05, 4.69) is 312 Å². The molecule has 8 heteroatoms. The fourth-order valence-electron chi connectivity index (χ4n) is 19.0. The van der Waals surface area contributed by atoms with E-state index in [1.807, 2.05) is 0 Å². The highest BCUT2D eigenvalue weighted by Crippen LogP contribution is 2.50. The molecule has 702 valence electrons. The third-order valence-corrected chi connectivity index (χ3v) is 27.2. The Kier molecular flexibility index (Phi) is 37.5. The molecule has 0 bridgehead atoms. The fraction of sp³-hybridized carbons (Fsp3) is 0.597. The number of hydrogen-bond donors (Lipinski definition) is 8. The molecule has 8 nitrogen and oxygen atoms in total. The van der Waals surface area contributed by atoms with E-state index < -0.39 is 0 Å². The lowest BCUT2D eigenvalue weighted by atomic mass is 9.74. The molecular weight excluding hydrogens is 1560 g/mol. The van der Waals surface area contributed by atoms with E-state index >= 15 is 0 Å². The van der Waals surface area contributed by atoms with Crippen LogP contribution in [0.4, 0.5) is 0 Å². The van der Waals surface area contributed by atoms with Crippen molar-refractivity contribution in [3.05, 3.63) is 231 Å². The molecule has 0 unspecified atom stereocenters. The Hall–Kier alpha value is -7.84. The van der Waals surface area contributed by atoms with E-state index in [1.165, 1.54) is 186 Å². The molecule has 0 amide bonds. The zero-order chi connectivity index (χ0) is 95.0. The summed E-state index contributed by atoms with van der Waals surface area (Å²) in [6.45, 7) is 67.1. The van der Waals surface area contributed by atoms with Gasteiger partial charge in [-0.2, -0.15) is 0 Å². The first-order valence-corrected chi connectivity index (χ1v) is 49.6. The minimum Gasteiger partial charge on any atom is -0.507 e. The van der Waals surface area contributed by atoms with Crippen LogP contribution in [0.3, 0.4) is 0 Å². The zero-order valence-electron chi connectivity index (χ0n) is 86.1. The van der Waals surface area contributed by atoms with Crippen LogP contribution in [0.2, 0.25) is 0 Å². The average molecular weight is 1740 g/mol. The summed E-state index contributed by atoms with van der Waals surface area (Å²) in [7, 11) is 0. The van der Waals surface area contributed by atoms with Gasteiger partial charge < -0.3 is 40.9 Å². The van der Waals surface area contributed by atoms with Gasteiger partial charge in [-0.05, 0) is 234 Å². The first-order chi connectivity index (χ1) is 58.9. The number of hydrogen-bond acceptors (Lipinski definition) is 8. The Bertz CT molecular complexity index is 4590. The maximum absolute atomic E-state index is 11.4. The summed E-state index contributed by atoms with van der Waals surface area (Å²) in [5, 5.41) is 89.7. The monoisotopic (exact) mass is 1740 g/mol. The third kappa shape index (κ3) is 30.1. The Morgan fingerprint density at radius 3 is 0.740 bits per heavy atom. The number of phenolic OH excluding ortho intramolecular Hbond substituents is 8. The molecule has 2 fully saturated rings. The molecule has 2 saturated carbocycles. The van der Waals surface area contributed by atoms with Gasteiger partial charge in [-0.1, -0.05) is 422 Å². The first kappa shape index (κ1) is 106. The van der Waals surface area contributed by atoms with Crippen LogP contribution in [0, 0.1) is 27.7 Å². The lowest BCUT2D eigenvalue weighted by molar-refractivity contribution is 0.408. The van der Waals surface area contributed by atoms with E-state index in [1.54, 1.807) is 0 Å². The van der Waals surface area contributed by atoms with Crippen molar-refractivity contribution in [1.29, 1.82) is 0 Å². The van der Waals surface area contributed by atoms with Gasteiger partial charge in [0.2, 0.25) is 0 Å². The smallest absolute Gasteiger partial charge is 0.123 e. The average Bonchev–Trinajstić information content (AvgIpc) is 0.753. The SMILES string of the molecule is CC(C)(C)c1cc(Cc2cc(C(C)(C)C)cc(C(C)(C)C)c2O)c(O)c(C(C)(C)C)c1.CC(c1cc(C(C)(C)C)cc(C(C)(C)C)c1O)c1cc(C(C)(C)C)cc(C(C)(C)C)c1O.CCCCCCCCCc1cc(C)cc(Cc2cc(C)cc(CCCCCCCCC)c2O)c1O.Cc1cc(Cc2cc(C)cc(C3CCCCC3)c2O)c(O)c(C2CCCCC2)c1. The number of phenols is 8. The Labute approximate surface area is 774 Å². The minimum atomic E-state index is -0.189. The van der Waals surface area contributed by atoms with Gasteiger partial charge in [0.25, 0.3) is 0 Å². The van der Waals surface area contributed by atoms with E-state index in [9.17, 15) is 40.9 Å². The van der Waals surface area contributed by atoms with Crippen molar-refractivity contribution in [2.75, 3.05) is 0 Å². The van der Waals surface area contributed by atoms with Gasteiger partial charge in [0.05, 0.1) is 0 Å². The van der Waals surface area contributed by atoms with Crippen molar-refractivity contribution in [1.82, 2.24) is 0 Å². The summed E-state index contributed by atoms with van der Waals surface area (Å²) in [4.78, 5) is 0. The summed E-state index contributed by atoms with van der Waals surface area (Å²) in [5.41, 5.74) is 24.2. The lowest BCUT2D eigenvalue weighted by Gasteiger charge is -2.31. The molecule has 8 aromatic rings. The molecule has 0 spiro atoms. The molecule has 8 N–H and O–H groups in total. The number of rotatable bonds is 26. The summed E-state index contributed by atoms with van der Waals surface area (Å²) >= 11 is 0. The highest BCUT2D eigenvalue weighted by atomic mass is 16.3. The van der Waals surface area contributed by atoms with Crippen LogP contribution in [0.15, 0.2) is 97.1 Å². The Morgan fingerprint density at radius 2 is 0.472 bits per heavy atom. The highest BCUT2D eigenvalue weighted by molar-refractivity contribution is 5.60. The quantitative estimate of drug-likeness (QED) is 0.0249. The van der Waals surface area contributed by atoms with E-state index in [0.717, 1.165) is 115 Å². The van der Waals surface area contributed by atoms with Crippen LogP contribution >= 0.6 is 0 Å². The second-order valence-electron chi connectivity index (χ2n) is 47.2. The molecule has 2 aliphatic carbocycles. The summed E-state index contributed by atoms with van der Waals surface area (Å²) < 4.78 is 0. The number of benzene rings is 8. The lowest BCUT2D eigenvalue weighted by Crippen LogP contribution is -2.19. The molecule has 0 radical (unpaired) electrons. The van der Waals surface area contributed by atoms with Crippen molar-refractivity contribution in [3.63, 3.8) is 0 Å². The molecule has 2 aliphatic rings. The van der Waals surface area contributed by atoms with Gasteiger partial charge in [0.15, 0.2) is 0 Å². The third-order valence-electron chi connectivity index (χ3n) is 27.2. The standard InChI is InChI=1S/C33H52O2.C30H46O2.C29H44O2.C27H36O2/c1-5-7-9-11-13-15-17-19-28-21-26(3)23-30(32(28)34)25-31-24-27(4)22-29(33(31)35)20-18-16-14-12-10-8-6-2;1-18(21-14-19(27(2,3)4)16-23(25(21)31)29(8,9)10)22-15-20(28(5,6)7)17-24(26(22)32)30(11,12)13;1-26(2,3)20-14-18(24(30)22(16-20)28(7,8)9)13-19-15-21(27(4,5)6)17-23(25(19)31)29(10,11)12;1-18-13-22(26(28)24(15-18)20-9-5-3-6-10-20)17-23-14-19(2)16-25(27(23)29)21-11-7-4-8-12-21/h21-24,34-35H,5-20,25H2,1-4H3;14-18,31-32H,1-13H3;14-17,30-31H,13H2,1-12H3;13-16,20-21,28-29H,3-12,17H2,1-2H3. The van der Waals surface area contributed by atoms with Crippen LogP contribution in [0.1, 0.15) is 492 Å². The predicted octanol–water partition coefficient (Wildman–Crippen LogP) is 33.6. The van der Waals surface area contributed by atoms with Gasteiger partial charge in [0, 0.05) is 36.3 Å². The summed E-state index contributed by atoms with van der Waals surface area (Å²) in [5.74, 6) is 3.96. The molecule has 0 aliphatic heterocycles. The zero-order valence-corrected chi connectivity index (χ0v) is 86.1. The summed E-state index contributed by atoms with van der Waals surface area (Å²) in [6, 6.07) is 34.1. The Morgan fingerprint density at radius 1 is 0.244 bits per heavy atom. The van der Waals surface area contributed by atoms with Crippen LogP contribution < -0.4 is 0 Å². The number of unbranched alkanes of at least 4 members (excludes halogenated alkanes) is 12. The van der Waals surface area contributed by atoms with Gasteiger partial charge in [-0.15, -0.1) is 0 Å². The van der Waals surface area contributed by atoms with Crippen molar-refractivity contribution in [2.24, 2.45) is 0 Å². The first-order valence-electron chi connectivity index (χ1n) is 49.6. The fourth-order valence-corrected chi connectivity index (χ4v) is 19.0. The van der Waals surface area contributed by atoms with Crippen molar-refractivity contribution < 1.29 is 40.9 Å².